The second-order valence-electron chi connectivity index (χ2n) is 6.52. The maximum Gasteiger partial charge on any atom is 0.402 e. The Morgan fingerprint density at radius 3 is 2.28 bits per heavy atom. The van der Waals surface area contributed by atoms with Crippen molar-refractivity contribution < 1.29 is 26.4 Å². The monoisotopic (exact) mass is 407 g/mol. The molecular formula is C14H25ClF3N3O3S. The third kappa shape index (κ3) is 6.58. The molecule has 0 radical (unpaired) electrons. The summed E-state index contributed by atoms with van der Waals surface area (Å²) in [7, 11) is -3.96. The zero-order valence-electron chi connectivity index (χ0n) is 14.1. The van der Waals surface area contributed by atoms with Crippen LogP contribution in [-0.2, 0) is 14.8 Å². The summed E-state index contributed by atoms with van der Waals surface area (Å²) in [4.78, 5) is 14.1. The highest BCUT2D eigenvalue weighted by Gasteiger charge is 2.40. The van der Waals surface area contributed by atoms with Gasteiger partial charge in [0.25, 0.3) is 0 Å². The van der Waals surface area contributed by atoms with Crippen LogP contribution in [0, 0.1) is 5.92 Å². The lowest BCUT2D eigenvalue weighted by Gasteiger charge is -2.39. The number of rotatable bonds is 4. The van der Waals surface area contributed by atoms with Crippen LogP contribution in [0.1, 0.15) is 25.7 Å². The Balaban J connectivity index is 0.00000312. The Bertz CT molecular complexity index is 545. The Labute approximate surface area is 152 Å². The molecule has 2 aliphatic heterocycles. The number of hydrogen-bond acceptors (Lipinski definition) is 4. The molecule has 0 aromatic carbocycles. The molecular weight excluding hydrogens is 383 g/mol. The van der Waals surface area contributed by atoms with Crippen LogP contribution >= 0.6 is 12.4 Å². The summed E-state index contributed by atoms with van der Waals surface area (Å²) in [6, 6.07) is -0.713. The number of nitrogens with one attached hydrogen (secondary N) is 1. The number of carbonyl (C=O) groups is 1. The third-order valence-electron chi connectivity index (χ3n) is 4.59. The first kappa shape index (κ1) is 22.5. The molecule has 1 amide bonds. The van der Waals surface area contributed by atoms with Gasteiger partial charge < -0.3 is 10.2 Å². The normalized spacial score (nSPS) is 23.4. The van der Waals surface area contributed by atoms with E-state index in [-0.39, 0.29) is 37.1 Å². The molecule has 0 spiro atoms. The molecule has 1 N–H and O–H groups in total. The number of halogens is 4. The predicted molar refractivity (Wildman–Crippen MR) is 90.0 cm³/mol. The van der Waals surface area contributed by atoms with Gasteiger partial charge in [-0.05, 0) is 32.2 Å². The van der Waals surface area contributed by atoms with Crippen LogP contribution in [0.2, 0.25) is 0 Å². The molecule has 148 valence electrons. The van der Waals surface area contributed by atoms with E-state index in [1.165, 1.54) is 0 Å². The topological polar surface area (TPSA) is 69.7 Å². The largest absolute Gasteiger partial charge is 0.402 e. The van der Waals surface area contributed by atoms with Crippen LogP contribution in [0.15, 0.2) is 0 Å². The van der Waals surface area contributed by atoms with Gasteiger partial charge in [-0.3, -0.25) is 4.79 Å². The fourth-order valence-electron chi connectivity index (χ4n) is 3.39. The summed E-state index contributed by atoms with van der Waals surface area (Å²) in [6.07, 6.45) is -1.58. The van der Waals surface area contributed by atoms with E-state index < -0.39 is 28.8 Å². The van der Waals surface area contributed by atoms with Gasteiger partial charge in [0.05, 0.1) is 12.2 Å². The smallest absolute Gasteiger partial charge is 0.342 e. The summed E-state index contributed by atoms with van der Waals surface area (Å²) < 4.78 is 61.9. The molecule has 1 unspecified atom stereocenters. The van der Waals surface area contributed by atoms with E-state index in [4.69, 9.17) is 0 Å². The maximum absolute atomic E-state index is 12.7. The number of amides is 1. The first-order chi connectivity index (χ1) is 11.1. The third-order valence-corrected chi connectivity index (χ3v) is 5.87. The lowest BCUT2D eigenvalue weighted by Crippen LogP contribution is -2.52. The molecule has 2 fully saturated rings. The zero-order chi connectivity index (χ0) is 18.0. The van der Waals surface area contributed by atoms with Crippen molar-refractivity contribution in [3.05, 3.63) is 0 Å². The SMILES string of the molecule is CS(=O)(=O)N(CC(F)(F)F)C1CCN(C(=O)C2CCCNC2)CC1.Cl. The van der Waals surface area contributed by atoms with Crippen molar-refractivity contribution in [1.29, 1.82) is 0 Å². The van der Waals surface area contributed by atoms with Gasteiger partial charge in [0.15, 0.2) is 0 Å². The average Bonchev–Trinajstić information content (AvgIpc) is 2.51. The van der Waals surface area contributed by atoms with E-state index in [9.17, 15) is 26.4 Å². The second kappa shape index (κ2) is 8.88. The minimum Gasteiger partial charge on any atom is -0.342 e. The lowest BCUT2D eigenvalue weighted by molar-refractivity contribution is -0.144. The first-order valence-electron chi connectivity index (χ1n) is 8.11. The Kier molecular flexibility index (Phi) is 7.97. The maximum atomic E-state index is 12.7. The lowest BCUT2D eigenvalue weighted by atomic mass is 9.96. The van der Waals surface area contributed by atoms with E-state index in [0.29, 0.717) is 23.9 Å². The fourth-order valence-corrected chi connectivity index (χ4v) is 4.52. The number of piperidine rings is 2. The van der Waals surface area contributed by atoms with E-state index in [1.807, 2.05) is 0 Å². The number of carbonyl (C=O) groups excluding carboxylic acids is 1. The minimum absolute atomic E-state index is 0. The van der Waals surface area contributed by atoms with Crippen LogP contribution in [0.4, 0.5) is 13.2 Å². The van der Waals surface area contributed by atoms with Gasteiger partial charge in [0.1, 0.15) is 6.54 Å². The molecule has 0 saturated carbocycles. The van der Waals surface area contributed by atoms with Crippen LogP contribution in [0.5, 0.6) is 0 Å². The van der Waals surface area contributed by atoms with Crippen molar-refractivity contribution in [2.24, 2.45) is 5.92 Å². The van der Waals surface area contributed by atoms with Crippen LogP contribution < -0.4 is 5.32 Å². The van der Waals surface area contributed by atoms with E-state index in [1.54, 1.807) is 4.90 Å². The number of likely N-dealkylation sites (tertiary alicyclic amines) is 1. The van der Waals surface area contributed by atoms with Crippen molar-refractivity contribution in [3.63, 3.8) is 0 Å². The number of sulfonamides is 1. The van der Waals surface area contributed by atoms with E-state index in [2.05, 4.69) is 5.32 Å². The summed E-state index contributed by atoms with van der Waals surface area (Å²) in [5, 5.41) is 3.17. The summed E-state index contributed by atoms with van der Waals surface area (Å²) in [5.41, 5.74) is 0. The van der Waals surface area contributed by atoms with Crippen molar-refractivity contribution in [2.75, 3.05) is 39.0 Å². The highest BCUT2D eigenvalue weighted by molar-refractivity contribution is 7.88. The van der Waals surface area contributed by atoms with Gasteiger partial charge in [0.2, 0.25) is 15.9 Å². The van der Waals surface area contributed by atoms with E-state index >= 15 is 0 Å². The highest BCUT2D eigenvalue weighted by Crippen LogP contribution is 2.26. The summed E-state index contributed by atoms with van der Waals surface area (Å²) in [5.74, 6) is -0.0705. The van der Waals surface area contributed by atoms with Crippen molar-refractivity contribution in [2.45, 2.75) is 37.9 Å². The van der Waals surface area contributed by atoms with Crippen molar-refractivity contribution in [1.82, 2.24) is 14.5 Å². The highest BCUT2D eigenvalue weighted by atomic mass is 35.5. The van der Waals surface area contributed by atoms with Gasteiger partial charge in [-0.2, -0.15) is 17.5 Å². The number of nitrogens with zero attached hydrogens (tertiary/aromatic N) is 2. The fraction of sp³-hybridized carbons (Fsp3) is 0.929. The van der Waals surface area contributed by atoms with Crippen LogP contribution in [-0.4, -0.2) is 74.7 Å². The van der Waals surface area contributed by atoms with Crippen molar-refractivity contribution in [3.8, 4) is 0 Å². The predicted octanol–water partition coefficient (Wildman–Crippen LogP) is 1.22. The molecule has 2 aliphatic rings. The molecule has 2 rings (SSSR count). The Hall–Kier alpha value is -0.580. The van der Waals surface area contributed by atoms with Gasteiger partial charge in [-0.25, -0.2) is 8.42 Å². The molecule has 0 aromatic heterocycles. The molecule has 11 heteroatoms. The summed E-state index contributed by atoms with van der Waals surface area (Å²) in [6.45, 7) is 0.639. The molecule has 1 atom stereocenters. The first-order valence-corrected chi connectivity index (χ1v) is 9.96. The Morgan fingerprint density at radius 1 is 1.24 bits per heavy atom. The van der Waals surface area contributed by atoms with Crippen LogP contribution in [0.3, 0.4) is 0 Å². The summed E-state index contributed by atoms with van der Waals surface area (Å²) >= 11 is 0. The van der Waals surface area contributed by atoms with Gasteiger partial charge in [0, 0.05) is 25.7 Å². The average molecular weight is 408 g/mol. The molecule has 2 heterocycles. The minimum atomic E-state index is -4.58. The zero-order valence-corrected chi connectivity index (χ0v) is 15.7. The molecule has 0 bridgehead atoms. The molecule has 6 nitrogen and oxygen atoms in total. The standard InChI is InChI=1S/C14H24F3N3O3S.ClH/c1-24(22,23)20(10-14(15,16)17)12-4-7-19(8-5-12)13(21)11-3-2-6-18-9-11;/h11-12,18H,2-10H2,1H3;1H. The second-order valence-corrected chi connectivity index (χ2v) is 8.46. The van der Waals surface area contributed by atoms with Crippen molar-refractivity contribution >= 4 is 28.3 Å². The molecule has 2 saturated heterocycles. The number of hydrogen-bond donors (Lipinski definition) is 1. The quantitative estimate of drug-likeness (QED) is 0.760. The Morgan fingerprint density at radius 2 is 1.84 bits per heavy atom. The van der Waals surface area contributed by atoms with Crippen LogP contribution in [0.25, 0.3) is 0 Å². The molecule has 0 aromatic rings. The van der Waals surface area contributed by atoms with Gasteiger partial charge in [-0.1, -0.05) is 0 Å². The number of alkyl halides is 3. The van der Waals surface area contributed by atoms with Gasteiger partial charge >= 0.3 is 6.18 Å². The van der Waals surface area contributed by atoms with Gasteiger partial charge in [-0.15, -0.1) is 12.4 Å². The molecule has 25 heavy (non-hydrogen) atoms. The molecule has 0 aliphatic carbocycles. The van der Waals surface area contributed by atoms with E-state index in [0.717, 1.165) is 25.6 Å².